The third-order valence-electron chi connectivity index (χ3n) is 6.66. The largest absolute Gasteiger partial charge is 0.748 e. The summed E-state index contributed by atoms with van der Waals surface area (Å²) in [6.07, 6.45) is 6.58. The van der Waals surface area contributed by atoms with Crippen molar-refractivity contribution < 1.29 is 17.5 Å². The highest BCUT2D eigenvalue weighted by atomic mass is 32.2. The molecule has 8 heteroatoms. The van der Waals surface area contributed by atoms with Crippen LogP contribution in [0.3, 0.4) is 0 Å². The minimum absolute atomic E-state index is 0.604. The number of quaternary nitrogens is 1. The molecule has 0 bridgehead atoms. The second-order valence-electron chi connectivity index (χ2n) is 8.65. The molecule has 1 aromatic carbocycles. The van der Waals surface area contributed by atoms with E-state index in [1.807, 2.05) is 0 Å². The normalized spacial score (nSPS) is 26.7. The molecule has 154 valence electrons. The van der Waals surface area contributed by atoms with Crippen LogP contribution in [0, 0.1) is 11.8 Å². The Hall–Kier alpha value is -1.22. The standard InChI is InChI=1S/C19H26N3S.CH4O3S/c1-2-6-16-14-22(13-15(16)5-1)11-9-21(10-12-22)19-17-7-3-4-8-18(17)23-20-19;1-5(2,3)4/h3-4,7-8,15-16H,1-2,5-6,9-14H2;1H3,(H,2,3,4)/q+1;/p-1/t15-,16+;. The van der Waals surface area contributed by atoms with Crippen LogP contribution in [-0.2, 0) is 10.1 Å². The molecule has 3 heterocycles. The van der Waals surface area contributed by atoms with Crippen LogP contribution in [0.25, 0.3) is 10.1 Å². The number of nitrogens with zero attached hydrogens (tertiary/aromatic N) is 3. The first-order valence-corrected chi connectivity index (χ1v) is 12.8. The molecule has 2 aromatic rings. The number of hydrogen-bond acceptors (Lipinski definition) is 6. The number of rotatable bonds is 1. The van der Waals surface area contributed by atoms with E-state index in [9.17, 15) is 0 Å². The van der Waals surface area contributed by atoms with Crippen LogP contribution in [0.2, 0.25) is 0 Å². The van der Waals surface area contributed by atoms with Gasteiger partial charge in [-0.05, 0) is 36.5 Å². The maximum atomic E-state index is 9.08. The topological polar surface area (TPSA) is 73.3 Å². The Kier molecular flexibility index (Phi) is 5.66. The van der Waals surface area contributed by atoms with Crippen molar-refractivity contribution in [3.05, 3.63) is 24.3 Å². The molecule has 0 unspecified atom stereocenters. The van der Waals surface area contributed by atoms with Crippen molar-refractivity contribution in [1.29, 1.82) is 0 Å². The minimum Gasteiger partial charge on any atom is -0.748 e. The number of aromatic nitrogens is 1. The van der Waals surface area contributed by atoms with Crippen molar-refractivity contribution in [3.8, 4) is 0 Å². The number of fused-ring (bicyclic) bond motifs is 2. The summed E-state index contributed by atoms with van der Waals surface area (Å²) in [4.78, 5) is 2.55. The molecule has 2 saturated heterocycles. The van der Waals surface area contributed by atoms with E-state index in [0.29, 0.717) is 6.26 Å². The van der Waals surface area contributed by atoms with Gasteiger partial charge in [-0.1, -0.05) is 25.0 Å². The van der Waals surface area contributed by atoms with E-state index in [1.54, 1.807) is 11.5 Å². The molecular formula is C20H29N3O3S2. The van der Waals surface area contributed by atoms with E-state index in [4.69, 9.17) is 17.3 Å². The van der Waals surface area contributed by atoms with Crippen LogP contribution < -0.4 is 4.90 Å². The Morgan fingerprint density at radius 3 is 2.29 bits per heavy atom. The monoisotopic (exact) mass is 423 g/mol. The lowest BCUT2D eigenvalue weighted by atomic mass is 9.82. The van der Waals surface area contributed by atoms with Gasteiger partial charge in [0, 0.05) is 23.5 Å². The van der Waals surface area contributed by atoms with Gasteiger partial charge >= 0.3 is 0 Å². The predicted octanol–water partition coefficient (Wildman–Crippen LogP) is 2.91. The molecule has 28 heavy (non-hydrogen) atoms. The molecule has 0 radical (unpaired) electrons. The maximum Gasteiger partial charge on any atom is 0.150 e. The van der Waals surface area contributed by atoms with Crippen LogP contribution in [0.5, 0.6) is 0 Å². The van der Waals surface area contributed by atoms with E-state index >= 15 is 0 Å². The second-order valence-corrected chi connectivity index (χ2v) is 10.9. The third kappa shape index (κ3) is 4.50. The third-order valence-corrected chi connectivity index (χ3v) is 7.47. The van der Waals surface area contributed by atoms with Crippen molar-refractivity contribution in [2.24, 2.45) is 11.8 Å². The molecule has 1 aromatic heterocycles. The summed E-state index contributed by atoms with van der Waals surface area (Å²) >= 11 is 1.65. The minimum atomic E-state index is -3.92. The molecule has 3 fully saturated rings. The van der Waals surface area contributed by atoms with Gasteiger partial charge in [-0.2, -0.15) is 4.37 Å². The molecule has 1 spiro atoms. The fourth-order valence-electron chi connectivity index (χ4n) is 5.40. The zero-order chi connectivity index (χ0) is 19.8. The first-order chi connectivity index (χ1) is 13.3. The number of hydrogen-bond donors (Lipinski definition) is 0. The lowest BCUT2D eigenvalue weighted by molar-refractivity contribution is -0.919. The van der Waals surface area contributed by atoms with Gasteiger partial charge in [0.05, 0.1) is 54.1 Å². The summed E-state index contributed by atoms with van der Waals surface area (Å²) in [6.45, 7) is 7.98. The van der Waals surface area contributed by atoms with Crippen molar-refractivity contribution in [2.45, 2.75) is 25.7 Å². The fourth-order valence-corrected chi connectivity index (χ4v) is 6.20. The van der Waals surface area contributed by atoms with Gasteiger partial charge in [0.15, 0.2) is 5.82 Å². The summed E-state index contributed by atoms with van der Waals surface area (Å²) in [5.74, 6) is 3.31. The van der Waals surface area contributed by atoms with Crippen molar-refractivity contribution in [1.82, 2.24) is 4.37 Å². The lowest BCUT2D eigenvalue weighted by Gasteiger charge is -2.42. The van der Waals surface area contributed by atoms with Crippen LogP contribution >= 0.6 is 11.5 Å². The van der Waals surface area contributed by atoms with Crippen molar-refractivity contribution in [2.75, 3.05) is 50.4 Å². The van der Waals surface area contributed by atoms with Gasteiger partial charge in [-0.15, -0.1) is 0 Å². The highest BCUT2D eigenvalue weighted by Crippen LogP contribution is 2.41. The Balaban J connectivity index is 0.000000346. The molecule has 0 amide bonds. The molecule has 0 N–H and O–H groups in total. The molecule has 2 atom stereocenters. The average molecular weight is 424 g/mol. The summed E-state index contributed by atoms with van der Waals surface area (Å²) < 4.78 is 34.7. The van der Waals surface area contributed by atoms with Gasteiger partial charge in [-0.25, -0.2) is 8.42 Å². The Bertz CT molecular complexity index is 896. The molecular weight excluding hydrogens is 394 g/mol. The van der Waals surface area contributed by atoms with Gasteiger partial charge in [0.2, 0.25) is 0 Å². The number of anilines is 1. The van der Waals surface area contributed by atoms with Gasteiger partial charge in [0.1, 0.15) is 0 Å². The van der Waals surface area contributed by atoms with E-state index in [0.717, 1.165) is 11.8 Å². The average Bonchev–Trinajstić information content (AvgIpc) is 3.22. The highest BCUT2D eigenvalue weighted by Gasteiger charge is 2.47. The summed E-state index contributed by atoms with van der Waals surface area (Å²) in [5, 5.41) is 1.35. The zero-order valence-electron chi connectivity index (χ0n) is 16.4. The lowest BCUT2D eigenvalue weighted by Crippen LogP contribution is -2.58. The second kappa shape index (κ2) is 7.89. The predicted molar refractivity (Wildman–Crippen MR) is 113 cm³/mol. The first-order valence-electron chi connectivity index (χ1n) is 10.2. The van der Waals surface area contributed by atoms with Crippen LogP contribution in [0.15, 0.2) is 24.3 Å². The van der Waals surface area contributed by atoms with Gasteiger partial charge in [-0.3, -0.25) is 0 Å². The fraction of sp³-hybridized carbons (Fsp3) is 0.650. The van der Waals surface area contributed by atoms with Crippen LogP contribution in [-0.4, -0.2) is 67.4 Å². The highest BCUT2D eigenvalue weighted by molar-refractivity contribution is 7.84. The number of piperazine rings is 1. The van der Waals surface area contributed by atoms with E-state index in [-0.39, 0.29) is 0 Å². The first kappa shape index (κ1) is 20.1. The van der Waals surface area contributed by atoms with Crippen LogP contribution in [0.4, 0.5) is 5.82 Å². The Morgan fingerprint density at radius 1 is 1.11 bits per heavy atom. The van der Waals surface area contributed by atoms with E-state index in [1.165, 1.54) is 85.3 Å². The summed E-state index contributed by atoms with van der Waals surface area (Å²) in [7, 11) is -3.92. The molecule has 3 aliphatic rings. The molecule has 6 nitrogen and oxygen atoms in total. The molecule has 5 rings (SSSR count). The van der Waals surface area contributed by atoms with Crippen molar-refractivity contribution in [3.63, 3.8) is 0 Å². The quantitative estimate of drug-likeness (QED) is 0.521. The summed E-state index contributed by atoms with van der Waals surface area (Å²) in [6, 6.07) is 8.69. The van der Waals surface area contributed by atoms with E-state index < -0.39 is 10.1 Å². The van der Waals surface area contributed by atoms with E-state index in [2.05, 4.69) is 29.2 Å². The Morgan fingerprint density at radius 2 is 1.68 bits per heavy atom. The molecule has 1 saturated carbocycles. The summed E-state index contributed by atoms with van der Waals surface area (Å²) in [5.41, 5.74) is 0. The maximum absolute atomic E-state index is 9.08. The molecule has 1 aliphatic carbocycles. The van der Waals surface area contributed by atoms with Gasteiger partial charge in [0.25, 0.3) is 0 Å². The zero-order valence-corrected chi connectivity index (χ0v) is 18.1. The Labute approximate surface area is 171 Å². The van der Waals surface area contributed by atoms with Gasteiger partial charge < -0.3 is 13.9 Å². The smallest absolute Gasteiger partial charge is 0.150 e. The van der Waals surface area contributed by atoms with Crippen molar-refractivity contribution >= 4 is 37.6 Å². The molecule has 2 aliphatic heterocycles. The SMILES string of the molecule is CS(=O)(=O)[O-].c1ccc2c(N3CC[N+]4(CC3)C[C@H]3CCCC[C@H]3C4)nsc2c1. The number of benzene rings is 1. The van der Waals surface area contributed by atoms with Crippen LogP contribution in [0.1, 0.15) is 25.7 Å².